The average Bonchev–Trinajstić information content (AvgIpc) is 2.97. The van der Waals surface area contributed by atoms with Crippen LogP contribution < -0.4 is 5.32 Å². The Morgan fingerprint density at radius 1 is 1.20 bits per heavy atom. The fourth-order valence-corrected chi connectivity index (χ4v) is 2.78. The number of imidazole rings is 1. The summed E-state index contributed by atoms with van der Waals surface area (Å²) < 4.78 is 2.06. The van der Waals surface area contributed by atoms with Gasteiger partial charge < -0.3 is 19.9 Å². The molecule has 0 aliphatic rings. The summed E-state index contributed by atoms with van der Waals surface area (Å²) in [5, 5.41) is 12.2. The Bertz CT molecular complexity index is 886. The van der Waals surface area contributed by atoms with Gasteiger partial charge in [-0.15, -0.1) is 0 Å². The number of anilines is 1. The van der Waals surface area contributed by atoms with E-state index in [1.54, 1.807) is 19.0 Å². The van der Waals surface area contributed by atoms with E-state index in [0.717, 1.165) is 16.6 Å². The minimum Gasteiger partial charge on any atom is -0.395 e. The van der Waals surface area contributed by atoms with E-state index in [1.807, 2.05) is 48.5 Å². The van der Waals surface area contributed by atoms with Gasteiger partial charge in [0.05, 0.1) is 24.2 Å². The number of rotatable bonds is 6. The van der Waals surface area contributed by atoms with E-state index in [1.165, 1.54) is 0 Å². The van der Waals surface area contributed by atoms with Gasteiger partial charge in [-0.05, 0) is 29.8 Å². The van der Waals surface area contributed by atoms with Crippen molar-refractivity contribution in [3.8, 4) is 0 Å². The molecule has 6 nitrogen and oxygen atoms in total. The molecule has 25 heavy (non-hydrogen) atoms. The van der Waals surface area contributed by atoms with Gasteiger partial charge in [-0.1, -0.05) is 24.3 Å². The van der Waals surface area contributed by atoms with Gasteiger partial charge in [0.15, 0.2) is 0 Å². The summed E-state index contributed by atoms with van der Waals surface area (Å²) in [7, 11) is 3.49. The number of aliphatic hydroxyl groups is 1. The third kappa shape index (κ3) is 3.64. The number of amides is 1. The second-order valence-electron chi connectivity index (χ2n) is 6.06. The predicted molar refractivity (Wildman–Crippen MR) is 98.9 cm³/mol. The van der Waals surface area contributed by atoms with Crippen LogP contribution in [-0.2, 0) is 6.54 Å². The average molecular weight is 338 g/mol. The maximum atomic E-state index is 12.2. The van der Waals surface area contributed by atoms with Crippen molar-refractivity contribution in [1.82, 2.24) is 14.5 Å². The van der Waals surface area contributed by atoms with Crippen LogP contribution >= 0.6 is 0 Å². The van der Waals surface area contributed by atoms with E-state index in [9.17, 15) is 4.79 Å². The van der Waals surface area contributed by atoms with Gasteiger partial charge in [-0.25, -0.2) is 4.98 Å². The number of hydrogen-bond acceptors (Lipinski definition) is 4. The molecule has 0 aliphatic heterocycles. The monoisotopic (exact) mass is 338 g/mol. The van der Waals surface area contributed by atoms with Gasteiger partial charge in [-0.2, -0.15) is 0 Å². The van der Waals surface area contributed by atoms with Gasteiger partial charge in [0.2, 0.25) is 5.95 Å². The number of fused-ring (bicyclic) bond motifs is 1. The van der Waals surface area contributed by atoms with Crippen molar-refractivity contribution in [2.75, 3.05) is 32.6 Å². The van der Waals surface area contributed by atoms with E-state index in [-0.39, 0.29) is 12.5 Å². The van der Waals surface area contributed by atoms with Crippen LogP contribution in [0.5, 0.6) is 0 Å². The highest BCUT2D eigenvalue weighted by Gasteiger charge is 2.12. The number of benzene rings is 2. The number of aromatic nitrogens is 2. The topological polar surface area (TPSA) is 70.4 Å². The van der Waals surface area contributed by atoms with Crippen LogP contribution in [0.25, 0.3) is 11.0 Å². The van der Waals surface area contributed by atoms with Crippen LogP contribution in [0.3, 0.4) is 0 Å². The number of nitrogens with zero attached hydrogens (tertiary/aromatic N) is 3. The summed E-state index contributed by atoms with van der Waals surface area (Å²) in [6, 6.07) is 15.5. The molecule has 0 unspecified atom stereocenters. The minimum atomic E-state index is -0.0176. The summed E-state index contributed by atoms with van der Waals surface area (Å²) in [6.07, 6.45) is 0. The molecule has 0 aliphatic carbocycles. The minimum absolute atomic E-state index is 0.0176. The zero-order chi connectivity index (χ0) is 17.8. The first-order valence-electron chi connectivity index (χ1n) is 8.20. The van der Waals surface area contributed by atoms with Crippen LogP contribution in [0.15, 0.2) is 48.5 Å². The van der Waals surface area contributed by atoms with Gasteiger partial charge in [0.1, 0.15) is 0 Å². The van der Waals surface area contributed by atoms with Gasteiger partial charge in [0.25, 0.3) is 5.91 Å². The highest BCUT2D eigenvalue weighted by molar-refractivity contribution is 5.94. The normalized spacial score (nSPS) is 10.8. The highest BCUT2D eigenvalue weighted by atomic mass is 16.3. The highest BCUT2D eigenvalue weighted by Crippen LogP contribution is 2.21. The number of carbonyl (C=O) groups excluding carboxylic acids is 1. The molecule has 2 aromatic carbocycles. The SMILES string of the molecule is CN(C)C(=O)c1cccc(Cn2c(NCCO)nc3ccccc32)c1. The second kappa shape index (κ2) is 7.36. The van der Waals surface area contributed by atoms with Crippen LogP contribution in [0.4, 0.5) is 5.95 Å². The van der Waals surface area contributed by atoms with Crippen molar-refractivity contribution in [2.24, 2.45) is 0 Å². The summed E-state index contributed by atoms with van der Waals surface area (Å²) in [4.78, 5) is 18.4. The Balaban J connectivity index is 1.97. The lowest BCUT2D eigenvalue weighted by molar-refractivity contribution is 0.0827. The first kappa shape index (κ1) is 17.0. The van der Waals surface area contributed by atoms with E-state index in [0.29, 0.717) is 24.6 Å². The summed E-state index contributed by atoms with van der Waals surface area (Å²) >= 11 is 0. The third-order valence-corrected chi connectivity index (χ3v) is 3.97. The van der Waals surface area contributed by atoms with E-state index >= 15 is 0 Å². The molecule has 3 aromatic rings. The third-order valence-electron chi connectivity index (χ3n) is 3.97. The molecule has 0 saturated heterocycles. The zero-order valence-corrected chi connectivity index (χ0v) is 14.4. The van der Waals surface area contributed by atoms with Crippen LogP contribution in [0.1, 0.15) is 15.9 Å². The molecule has 1 amide bonds. The molecular formula is C19H22N4O2. The molecule has 1 aromatic heterocycles. The number of hydrogen-bond donors (Lipinski definition) is 2. The molecule has 6 heteroatoms. The lowest BCUT2D eigenvalue weighted by Crippen LogP contribution is -2.21. The fraction of sp³-hybridized carbons (Fsp3) is 0.263. The van der Waals surface area contributed by atoms with Gasteiger partial charge in [0, 0.05) is 26.2 Å². The van der Waals surface area contributed by atoms with Crippen LogP contribution in [0.2, 0.25) is 0 Å². The van der Waals surface area contributed by atoms with Gasteiger partial charge in [-0.3, -0.25) is 4.79 Å². The first-order valence-corrected chi connectivity index (χ1v) is 8.20. The maximum Gasteiger partial charge on any atom is 0.253 e. The standard InChI is InChI=1S/C19H22N4O2/c1-22(2)18(25)15-7-5-6-14(12-15)13-23-17-9-4-3-8-16(17)21-19(23)20-10-11-24/h3-9,12,24H,10-11,13H2,1-2H3,(H,20,21). The number of para-hydroxylation sites is 2. The van der Waals surface area contributed by atoms with Gasteiger partial charge >= 0.3 is 0 Å². The molecule has 0 spiro atoms. The fourth-order valence-electron chi connectivity index (χ4n) is 2.78. The van der Waals surface area contributed by atoms with Crippen molar-refractivity contribution in [1.29, 1.82) is 0 Å². The molecule has 0 saturated carbocycles. The van der Waals surface area contributed by atoms with Crippen molar-refractivity contribution in [3.05, 3.63) is 59.7 Å². The Labute approximate surface area is 146 Å². The first-order chi connectivity index (χ1) is 12.1. The van der Waals surface area contributed by atoms with Crippen molar-refractivity contribution >= 4 is 22.9 Å². The van der Waals surface area contributed by atoms with E-state index < -0.39 is 0 Å². The summed E-state index contributed by atoms with van der Waals surface area (Å²) in [5.74, 6) is 0.690. The molecule has 0 bridgehead atoms. The molecule has 2 N–H and O–H groups in total. The van der Waals surface area contributed by atoms with Crippen molar-refractivity contribution in [3.63, 3.8) is 0 Å². The molecular weight excluding hydrogens is 316 g/mol. The van der Waals surface area contributed by atoms with E-state index in [4.69, 9.17) is 5.11 Å². The predicted octanol–water partition coefficient (Wildman–Crippen LogP) is 2.19. The summed E-state index contributed by atoms with van der Waals surface area (Å²) in [5.41, 5.74) is 3.58. The Morgan fingerprint density at radius 3 is 2.76 bits per heavy atom. The number of aliphatic hydroxyl groups excluding tert-OH is 1. The van der Waals surface area contributed by atoms with Crippen LogP contribution in [-0.4, -0.2) is 52.7 Å². The molecule has 3 rings (SSSR count). The quantitative estimate of drug-likeness (QED) is 0.723. The van der Waals surface area contributed by atoms with Crippen LogP contribution in [0, 0.1) is 0 Å². The number of nitrogens with one attached hydrogen (secondary N) is 1. The largest absolute Gasteiger partial charge is 0.395 e. The lowest BCUT2D eigenvalue weighted by Gasteiger charge is -2.13. The second-order valence-corrected chi connectivity index (χ2v) is 6.06. The Hall–Kier alpha value is -2.86. The smallest absolute Gasteiger partial charge is 0.253 e. The molecule has 0 radical (unpaired) electrons. The molecule has 0 atom stereocenters. The zero-order valence-electron chi connectivity index (χ0n) is 14.4. The van der Waals surface area contributed by atoms with Crippen molar-refractivity contribution in [2.45, 2.75) is 6.54 Å². The van der Waals surface area contributed by atoms with E-state index in [2.05, 4.69) is 14.9 Å². The lowest BCUT2D eigenvalue weighted by atomic mass is 10.1. The molecule has 130 valence electrons. The van der Waals surface area contributed by atoms with Crippen molar-refractivity contribution < 1.29 is 9.90 Å². The maximum absolute atomic E-state index is 12.2. The molecule has 0 fully saturated rings. The molecule has 1 heterocycles. The Morgan fingerprint density at radius 2 is 2.00 bits per heavy atom. The number of carbonyl (C=O) groups is 1. The Kier molecular flexibility index (Phi) is 5.00. The summed E-state index contributed by atoms with van der Waals surface area (Å²) in [6.45, 7) is 1.06.